The standard InChI is InChI=1S/C11H24N2/c1-3-13(2)10-11-8-6-4-5-7-9-12-11/h11-12H,3-10H2,1-2H3. The number of nitrogens with one attached hydrogen (secondary N) is 1. The van der Waals surface area contributed by atoms with Crippen LogP contribution in [0.5, 0.6) is 0 Å². The molecular formula is C11H24N2. The number of hydrogen-bond donors (Lipinski definition) is 1. The first-order chi connectivity index (χ1) is 6.33. The highest BCUT2D eigenvalue weighted by Crippen LogP contribution is 2.09. The Morgan fingerprint density at radius 3 is 2.77 bits per heavy atom. The van der Waals surface area contributed by atoms with E-state index in [2.05, 4.69) is 24.2 Å². The molecule has 1 heterocycles. The van der Waals surface area contributed by atoms with Crippen LogP contribution in [-0.2, 0) is 0 Å². The van der Waals surface area contributed by atoms with Gasteiger partial charge >= 0.3 is 0 Å². The first-order valence-corrected chi connectivity index (χ1v) is 5.75. The molecule has 2 nitrogen and oxygen atoms in total. The lowest BCUT2D eigenvalue weighted by molar-refractivity contribution is 0.281. The van der Waals surface area contributed by atoms with Crippen molar-refractivity contribution in [2.24, 2.45) is 0 Å². The average Bonchev–Trinajstić information content (AvgIpc) is 2.09. The van der Waals surface area contributed by atoms with Crippen LogP contribution in [0.15, 0.2) is 0 Å². The summed E-state index contributed by atoms with van der Waals surface area (Å²) in [6.45, 7) is 5.83. The van der Waals surface area contributed by atoms with Crippen molar-refractivity contribution in [1.82, 2.24) is 10.2 Å². The largest absolute Gasteiger partial charge is 0.313 e. The molecule has 1 saturated heterocycles. The van der Waals surface area contributed by atoms with E-state index < -0.39 is 0 Å². The normalized spacial score (nSPS) is 25.6. The first kappa shape index (κ1) is 11.0. The van der Waals surface area contributed by atoms with E-state index in [0.29, 0.717) is 0 Å². The highest BCUT2D eigenvalue weighted by Gasteiger charge is 2.11. The van der Waals surface area contributed by atoms with Gasteiger partial charge in [0.05, 0.1) is 0 Å². The first-order valence-electron chi connectivity index (χ1n) is 5.75. The minimum absolute atomic E-state index is 0.741. The maximum atomic E-state index is 3.65. The molecule has 0 aromatic carbocycles. The maximum absolute atomic E-state index is 3.65. The summed E-state index contributed by atoms with van der Waals surface area (Å²) in [5.74, 6) is 0. The molecule has 0 bridgehead atoms. The minimum Gasteiger partial charge on any atom is -0.313 e. The molecule has 1 aliphatic rings. The smallest absolute Gasteiger partial charge is 0.0194 e. The maximum Gasteiger partial charge on any atom is 0.0194 e. The van der Waals surface area contributed by atoms with Gasteiger partial charge in [0.1, 0.15) is 0 Å². The second-order valence-corrected chi connectivity index (χ2v) is 4.21. The monoisotopic (exact) mass is 184 g/mol. The summed E-state index contributed by atoms with van der Waals surface area (Å²) >= 11 is 0. The Labute approximate surface area is 82.7 Å². The molecule has 78 valence electrons. The van der Waals surface area contributed by atoms with Gasteiger partial charge in [-0.05, 0) is 33.0 Å². The van der Waals surface area contributed by atoms with Crippen LogP contribution < -0.4 is 5.32 Å². The predicted octanol–water partition coefficient (Wildman–Crippen LogP) is 1.86. The number of rotatable bonds is 3. The highest BCUT2D eigenvalue weighted by atomic mass is 15.1. The molecule has 2 heteroatoms. The lowest BCUT2D eigenvalue weighted by atomic mass is 10.0. The van der Waals surface area contributed by atoms with Crippen LogP contribution in [0.25, 0.3) is 0 Å². The van der Waals surface area contributed by atoms with Gasteiger partial charge in [-0.1, -0.05) is 26.2 Å². The van der Waals surface area contributed by atoms with Crippen molar-refractivity contribution in [3.8, 4) is 0 Å². The second-order valence-electron chi connectivity index (χ2n) is 4.21. The molecule has 0 aromatic rings. The Bertz CT molecular complexity index is 117. The molecule has 13 heavy (non-hydrogen) atoms. The van der Waals surface area contributed by atoms with Crippen LogP contribution in [-0.4, -0.2) is 37.6 Å². The van der Waals surface area contributed by atoms with Gasteiger partial charge < -0.3 is 10.2 Å². The Morgan fingerprint density at radius 1 is 1.23 bits per heavy atom. The van der Waals surface area contributed by atoms with Crippen LogP contribution in [0.1, 0.15) is 39.0 Å². The fourth-order valence-corrected chi connectivity index (χ4v) is 1.94. The molecule has 0 amide bonds. The van der Waals surface area contributed by atoms with Gasteiger partial charge in [-0.25, -0.2) is 0 Å². The van der Waals surface area contributed by atoms with Crippen LogP contribution in [0.2, 0.25) is 0 Å². The van der Waals surface area contributed by atoms with Crippen molar-refractivity contribution in [3.63, 3.8) is 0 Å². The zero-order valence-corrected chi connectivity index (χ0v) is 9.18. The molecule has 1 N–H and O–H groups in total. The summed E-state index contributed by atoms with van der Waals surface area (Å²) in [5, 5.41) is 3.65. The lowest BCUT2D eigenvalue weighted by Crippen LogP contribution is -2.40. The van der Waals surface area contributed by atoms with Crippen molar-refractivity contribution in [2.75, 3.05) is 26.7 Å². The van der Waals surface area contributed by atoms with Crippen LogP contribution >= 0.6 is 0 Å². The van der Waals surface area contributed by atoms with Crippen LogP contribution in [0.3, 0.4) is 0 Å². The third kappa shape index (κ3) is 4.63. The topological polar surface area (TPSA) is 15.3 Å². The number of hydrogen-bond acceptors (Lipinski definition) is 2. The third-order valence-corrected chi connectivity index (χ3v) is 2.98. The molecule has 1 unspecified atom stereocenters. The summed E-state index contributed by atoms with van der Waals surface area (Å²) < 4.78 is 0. The molecule has 1 atom stereocenters. The summed E-state index contributed by atoms with van der Waals surface area (Å²) in [4.78, 5) is 2.40. The molecule has 0 spiro atoms. The van der Waals surface area contributed by atoms with E-state index in [1.807, 2.05) is 0 Å². The van der Waals surface area contributed by atoms with Gasteiger partial charge in [-0.15, -0.1) is 0 Å². The Morgan fingerprint density at radius 2 is 2.00 bits per heavy atom. The van der Waals surface area contributed by atoms with Crippen molar-refractivity contribution >= 4 is 0 Å². The summed E-state index contributed by atoms with van der Waals surface area (Å²) in [6.07, 6.45) is 7.00. The van der Waals surface area contributed by atoms with E-state index >= 15 is 0 Å². The highest BCUT2D eigenvalue weighted by molar-refractivity contribution is 4.72. The van der Waals surface area contributed by atoms with Crippen LogP contribution in [0.4, 0.5) is 0 Å². The van der Waals surface area contributed by atoms with E-state index in [1.54, 1.807) is 0 Å². The molecule has 1 aliphatic heterocycles. The van der Waals surface area contributed by atoms with E-state index in [1.165, 1.54) is 45.2 Å². The lowest BCUT2D eigenvalue weighted by Gasteiger charge is -2.25. The van der Waals surface area contributed by atoms with Crippen LogP contribution in [0, 0.1) is 0 Å². The van der Waals surface area contributed by atoms with Gasteiger partial charge in [0.25, 0.3) is 0 Å². The molecule has 0 saturated carbocycles. The van der Waals surface area contributed by atoms with Crippen molar-refractivity contribution in [2.45, 2.75) is 45.1 Å². The average molecular weight is 184 g/mol. The van der Waals surface area contributed by atoms with Crippen molar-refractivity contribution in [3.05, 3.63) is 0 Å². The zero-order valence-electron chi connectivity index (χ0n) is 9.18. The quantitative estimate of drug-likeness (QED) is 0.720. The summed E-state index contributed by atoms with van der Waals surface area (Å²) in [6, 6.07) is 0.741. The molecule has 0 aromatic heterocycles. The van der Waals surface area contributed by atoms with Crippen molar-refractivity contribution in [1.29, 1.82) is 0 Å². The predicted molar refractivity (Wildman–Crippen MR) is 58.0 cm³/mol. The van der Waals surface area contributed by atoms with E-state index in [4.69, 9.17) is 0 Å². The van der Waals surface area contributed by atoms with E-state index in [9.17, 15) is 0 Å². The fourth-order valence-electron chi connectivity index (χ4n) is 1.94. The molecule has 1 fully saturated rings. The van der Waals surface area contributed by atoms with Gasteiger partial charge in [0, 0.05) is 12.6 Å². The third-order valence-electron chi connectivity index (χ3n) is 2.98. The van der Waals surface area contributed by atoms with Gasteiger partial charge in [0.15, 0.2) is 0 Å². The summed E-state index contributed by atoms with van der Waals surface area (Å²) in [7, 11) is 2.21. The fraction of sp³-hybridized carbons (Fsp3) is 1.00. The molecule has 0 radical (unpaired) electrons. The van der Waals surface area contributed by atoms with E-state index in [-0.39, 0.29) is 0 Å². The zero-order chi connectivity index (χ0) is 9.52. The van der Waals surface area contributed by atoms with Gasteiger partial charge in [-0.2, -0.15) is 0 Å². The number of nitrogens with zero attached hydrogens (tertiary/aromatic N) is 1. The van der Waals surface area contributed by atoms with Gasteiger partial charge in [0.2, 0.25) is 0 Å². The Kier molecular flexibility index (Phi) is 5.40. The van der Waals surface area contributed by atoms with E-state index in [0.717, 1.165) is 12.6 Å². The molecule has 0 aliphatic carbocycles. The summed E-state index contributed by atoms with van der Waals surface area (Å²) in [5.41, 5.74) is 0. The SMILES string of the molecule is CCN(C)CC1CCCCCCN1. The Hall–Kier alpha value is -0.0800. The van der Waals surface area contributed by atoms with Crippen molar-refractivity contribution < 1.29 is 0 Å². The second kappa shape index (κ2) is 6.39. The Balaban J connectivity index is 2.21. The molecular weight excluding hydrogens is 160 g/mol. The van der Waals surface area contributed by atoms with Gasteiger partial charge in [-0.3, -0.25) is 0 Å². The number of likely N-dealkylation sites (N-methyl/N-ethyl adjacent to an activating group) is 1. The minimum atomic E-state index is 0.741. The molecule has 1 rings (SSSR count).